The Morgan fingerprint density at radius 1 is 1.38 bits per heavy atom. The van der Waals surface area contributed by atoms with Crippen LogP contribution in [-0.2, 0) is 21.4 Å². The summed E-state index contributed by atoms with van der Waals surface area (Å²) in [6.45, 7) is 0.0767. The molecule has 2 aromatic rings. The number of nitrogens with zero attached hydrogens (tertiary/aromatic N) is 2. The second-order valence-corrected chi connectivity index (χ2v) is 6.76. The van der Waals surface area contributed by atoms with Crippen molar-refractivity contribution >= 4 is 16.0 Å². The number of hydrogen-bond acceptors (Lipinski definition) is 4. The van der Waals surface area contributed by atoms with Crippen molar-refractivity contribution in [1.29, 1.82) is 0 Å². The third-order valence-corrected chi connectivity index (χ3v) is 5.35. The number of rotatable bonds is 3. The van der Waals surface area contributed by atoms with Gasteiger partial charge in [-0.2, -0.15) is 9.40 Å². The molecule has 0 amide bonds. The van der Waals surface area contributed by atoms with Gasteiger partial charge in [-0.05, 0) is 11.1 Å². The molecular weight excluding hydrogens is 294 g/mol. The van der Waals surface area contributed by atoms with E-state index in [4.69, 9.17) is 0 Å². The summed E-state index contributed by atoms with van der Waals surface area (Å²) in [5.74, 6) is -1.90. The van der Waals surface area contributed by atoms with Crippen LogP contribution in [0.3, 0.4) is 0 Å². The lowest BCUT2D eigenvalue weighted by Gasteiger charge is -2.31. The molecule has 0 aliphatic carbocycles. The highest BCUT2D eigenvalue weighted by molar-refractivity contribution is 7.89. The van der Waals surface area contributed by atoms with Crippen LogP contribution in [0.5, 0.6) is 0 Å². The lowest BCUT2D eigenvalue weighted by atomic mass is 9.91. The van der Waals surface area contributed by atoms with Crippen LogP contribution in [0.4, 0.5) is 0 Å². The zero-order chi connectivity index (χ0) is 15.0. The molecule has 7 nitrogen and oxygen atoms in total. The van der Waals surface area contributed by atoms with Crippen molar-refractivity contribution in [2.24, 2.45) is 0 Å². The van der Waals surface area contributed by atoms with Crippen LogP contribution in [0, 0.1) is 0 Å². The van der Waals surface area contributed by atoms with Crippen LogP contribution < -0.4 is 0 Å². The smallest absolute Gasteiger partial charge is 0.312 e. The van der Waals surface area contributed by atoms with Crippen molar-refractivity contribution in [3.05, 3.63) is 47.8 Å². The number of carbonyl (C=O) groups is 1. The molecule has 3 rings (SSSR count). The van der Waals surface area contributed by atoms with Gasteiger partial charge in [0.25, 0.3) is 0 Å². The highest BCUT2D eigenvalue weighted by Crippen LogP contribution is 2.31. The molecule has 110 valence electrons. The number of nitrogens with one attached hydrogen (secondary N) is 1. The summed E-state index contributed by atoms with van der Waals surface area (Å²) >= 11 is 0. The third kappa shape index (κ3) is 2.32. The van der Waals surface area contributed by atoms with Gasteiger partial charge in [0, 0.05) is 19.3 Å². The first-order valence-corrected chi connectivity index (χ1v) is 7.73. The lowest BCUT2D eigenvalue weighted by Crippen LogP contribution is -2.40. The van der Waals surface area contributed by atoms with Gasteiger partial charge >= 0.3 is 5.97 Å². The van der Waals surface area contributed by atoms with Gasteiger partial charge in [0.15, 0.2) is 0 Å². The molecule has 8 heteroatoms. The average molecular weight is 307 g/mol. The number of carboxylic acids is 1. The average Bonchev–Trinajstić information content (AvgIpc) is 3.00. The van der Waals surface area contributed by atoms with E-state index < -0.39 is 21.9 Å². The summed E-state index contributed by atoms with van der Waals surface area (Å²) in [7, 11) is -3.75. The zero-order valence-corrected chi connectivity index (χ0v) is 11.7. The fourth-order valence-corrected chi connectivity index (χ4v) is 3.84. The Morgan fingerprint density at radius 2 is 2.14 bits per heavy atom. The quantitative estimate of drug-likeness (QED) is 0.872. The minimum atomic E-state index is -3.75. The molecule has 0 spiro atoms. The third-order valence-electron chi connectivity index (χ3n) is 3.57. The van der Waals surface area contributed by atoms with Gasteiger partial charge in [0.1, 0.15) is 4.90 Å². The molecule has 1 aliphatic rings. The number of benzene rings is 1. The number of aromatic nitrogens is 2. The number of aliphatic carboxylic acids is 1. The molecule has 1 atom stereocenters. The number of carboxylic acid groups (broad SMARTS) is 1. The second-order valence-electron chi connectivity index (χ2n) is 4.82. The molecule has 1 unspecified atom stereocenters. The number of hydrogen-bond donors (Lipinski definition) is 2. The molecule has 2 N–H and O–H groups in total. The molecule has 2 heterocycles. The summed E-state index contributed by atoms with van der Waals surface area (Å²) in [5.41, 5.74) is 1.38. The van der Waals surface area contributed by atoms with Crippen LogP contribution in [0.1, 0.15) is 17.0 Å². The maximum absolute atomic E-state index is 12.5. The first kappa shape index (κ1) is 13.8. The van der Waals surface area contributed by atoms with Gasteiger partial charge in [0.05, 0.1) is 12.1 Å². The number of sulfonamides is 1. The SMILES string of the molecule is O=C(O)C1CN(S(=O)(=O)c2cn[nH]c2)Cc2ccccc21. The number of H-pyrrole nitrogens is 1. The maximum Gasteiger partial charge on any atom is 0.312 e. The molecule has 0 saturated carbocycles. The van der Waals surface area contributed by atoms with Crippen molar-refractivity contribution in [2.75, 3.05) is 6.54 Å². The predicted molar refractivity (Wildman–Crippen MR) is 73.0 cm³/mol. The second kappa shape index (κ2) is 4.97. The van der Waals surface area contributed by atoms with E-state index in [1.165, 1.54) is 16.7 Å². The van der Waals surface area contributed by atoms with Gasteiger partial charge < -0.3 is 5.11 Å². The van der Waals surface area contributed by atoms with Crippen molar-refractivity contribution in [3.8, 4) is 0 Å². The molecule has 21 heavy (non-hydrogen) atoms. The van der Waals surface area contributed by atoms with E-state index in [9.17, 15) is 18.3 Å². The fraction of sp³-hybridized carbons (Fsp3) is 0.231. The van der Waals surface area contributed by atoms with Crippen molar-refractivity contribution in [3.63, 3.8) is 0 Å². The van der Waals surface area contributed by atoms with Crippen LogP contribution >= 0.6 is 0 Å². The van der Waals surface area contributed by atoms with E-state index in [-0.39, 0.29) is 18.0 Å². The van der Waals surface area contributed by atoms with Crippen LogP contribution in [0.2, 0.25) is 0 Å². The van der Waals surface area contributed by atoms with Gasteiger partial charge in [-0.3, -0.25) is 9.89 Å². The molecular formula is C13H13N3O4S. The summed E-state index contributed by atoms with van der Waals surface area (Å²) in [6, 6.07) is 7.01. The van der Waals surface area contributed by atoms with Crippen molar-refractivity contribution < 1.29 is 18.3 Å². The summed E-state index contributed by atoms with van der Waals surface area (Å²) < 4.78 is 26.2. The predicted octanol–water partition coefficient (Wildman–Crippen LogP) is 0.782. The minimum Gasteiger partial charge on any atom is -0.481 e. The van der Waals surface area contributed by atoms with E-state index in [1.54, 1.807) is 24.3 Å². The molecule has 1 aromatic carbocycles. The summed E-state index contributed by atoms with van der Waals surface area (Å²) in [6.07, 6.45) is 2.50. The van der Waals surface area contributed by atoms with Crippen molar-refractivity contribution in [2.45, 2.75) is 17.4 Å². The van der Waals surface area contributed by atoms with E-state index in [2.05, 4.69) is 10.2 Å². The van der Waals surface area contributed by atoms with Gasteiger partial charge in [0.2, 0.25) is 10.0 Å². The van der Waals surface area contributed by atoms with E-state index in [0.717, 1.165) is 0 Å². The van der Waals surface area contributed by atoms with Gasteiger partial charge in [-0.1, -0.05) is 24.3 Å². The Kier molecular flexibility index (Phi) is 3.26. The maximum atomic E-state index is 12.5. The fourth-order valence-electron chi connectivity index (χ4n) is 2.50. The Bertz CT molecular complexity index is 770. The standard InChI is InChI=1S/C13H13N3O4S/c17-13(18)12-8-16(7-9-3-1-2-4-11(9)12)21(19,20)10-5-14-15-6-10/h1-6,12H,7-8H2,(H,14,15)(H,17,18). The topological polar surface area (TPSA) is 103 Å². The van der Waals surface area contributed by atoms with E-state index >= 15 is 0 Å². The summed E-state index contributed by atoms with van der Waals surface area (Å²) in [4.78, 5) is 11.5. The number of aromatic amines is 1. The largest absolute Gasteiger partial charge is 0.481 e. The Hall–Kier alpha value is -2.19. The monoisotopic (exact) mass is 307 g/mol. The molecule has 0 bridgehead atoms. The first-order chi connectivity index (χ1) is 10.00. The lowest BCUT2D eigenvalue weighted by molar-refractivity contribution is -0.139. The highest BCUT2D eigenvalue weighted by atomic mass is 32.2. The molecule has 0 saturated heterocycles. The van der Waals surface area contributed by atoms with Crippen LogP contribution in [-0.4, -0.2) is 40.5 Å². The molecule has 0 radical (unpaired) electrons. The Morgan fingerprint density at radius 3 is 2.81 bits per heavy atom. The Labute approximate surface area is 121 Å². The van der Waals surface area contributed by atoms with Gasteiger partial charge in [-0.25, -0.2) is 8.42 Å². The number of fused-ring (bicyclic) bond motifs is 1. The molecule has 1 aromatic heterocycles. The first-order valence-electron chi connectivity index (χ1n) is 6.29. The van der Waals surface area contributed by atoms with E-state index in [1.807, 2.05) is 0 Å². The highest BCUT2D eigenvalue weighted by Gasteiger charge is 2.36. The van der Waals surface area contributed by atoms with E-state index in [0.29, 0.717) is 11.1 Å². The minimum absolute atomic E-state index is 0.0334. The summed E-state index contributed by atoms with van der Waals surface area (Å²) in [5, 5.41) is 15.4. The van der Waals surface area contributed by atoms with Gasteiger partial charge in [-0.15, -0.1) is 0 Å². The molecule has 1 aliphatic heterocycles. The zero-order valence-electron chi connectivity index (χ0n) is 10.9. The van der Waals surface area contributed by atoms with Crippen LogP contribution in [0.15, 0.2) is 41.6 Å². The van der Waals surface area contributed by atoms with Crippen molar-refractivity contribution in [1.82, 2.24) is 14.5 Å². The van der Waals surface area contributed by atoms with Crippen LogP contribution in [0.25, 0.3) is 0 Å². The molecule has 0 fully saturated rings. The normalized spacial score (nSPS) is 19.1. The Balaban J connectivity index is 2.03.